The molecule has 1 aromatic rings. The smallest absolute Gasteiger partial charge is 0.388 e. The zero-order valence-electron chi connectivity index (χ0n) is 13.1. The molecule has 1 aromatic carbocycles. The van der Waals surface area contributed by atoms with Crippen molar-refractivity contribution in [3.05, 3.63) is 35.4 Å². The standard InChI is InChI=1S/C17H22F3NO2/c1-12(13-5-4-6-14(10-13)17(18,19)20)9-15(22)21-11-16(23)7-2-3-8-16/h4-6,10,12,23H,2-3,7-9,11H2,1H3,(H,21,22). The predicted octanol–water partition coefficient (Wildman–Crippen LogP) is 3.62. The lowest BCUT2D eigenvalue weighted by molar-refractivity contribution is -0.137. The Labute approximate surface area is 133 Å². The molecule has 1 amide bonds. The molecule has 128 valence electrons. The predicted molar refractivity (Wildman–Crippen MR) is 80.9 cm³/mol. The van der Waals surface area contributed by atoms with Crippen LogP contribution in [-0.2, 0) is 11.0 Å². The average Bonchev–Trinajstić information content (AvgIpc) is 2.92. The minimum Gasteiger partial charge on any atom is -0.388 e. The van der Waals surface area contributed by atoms with Gasteiger partial charge < -0.3 is 10.4 Å². The molecule has 0 aromatic heterocycles. The first-order valence-corrected chi connectivity index (χ1v) is 7.86. The van der Waals surface area contributed by atoms with Gasteiger partial charge in [-0.1, -0.05) is 38.0 Å². The van der Waals surface area contributed by atoms with Crippen molar-refractivity contribution in [1.29, 1.82) is 0 Å². The van der Waals surface area contributed by atoms with Crippen molar-refractivity contribution in [2.24, 2.45) is 0 Å². The third-order valence-corrected chi connectivity index (χ3v) is 4.42. The van der Waals surface area contributed by atoms with Crippen LogP contribution in [0.1, 0.15) is 56.1 Å². The molecule has 0 heterocycles. The van der Waals surface area contributed by atoms with E-state index in [1.807, 2.05) is 0 Å². The highest BCUT2D eigenvalue weighted by Crippen LogP contribution is 2.32. The van der Waals surface area contributed by atoms with E-state index in [4.69, 9.17) is 0 Å². The highest BCUT2D eigenvalue weighted by molar-refractivity contribution is 5.76. The number of carbonyl (C=O) groups is 1. The third kappa shape index (κ3) is 4.96. The summed E-state index contributed by atoms with van der Waals surface area (Å²) < 4.78 is 38.2. The summed E-state index contributed by atoms with van der Waals surface area (Å²) in [6.07, 6.45) is -1.03. The number of nitrogens with one attached hydrogen (secondary N) is 1. The van der Waals surface area contributed by atoms with Crippen LogP contribution in [0.3, 0.4) is 0 Å². The van der Waals surface area contributed by atoms with Gasteiger partial charge in [0.15, 0.2) is 0 Å². The fourth-order valence-corrected chi connectivity index (χ4v) is 2.96. The van der Waals surface area contributed by atoms with Crippen LogP contribution < -0.4 is 5.32 Å². The Balaban J connectivity index is 1.91. The number of rotatable bonds is 5. The van der Waals surface area contributed by atoms with E-state index in [1.165, 1.54) is 6.07 Å². The van der Waals surface area contributed by atoms with Crippen molar-refractivity contribution in [2.45, 2.75) is 56.7 Å². The summed E-state index contributed by atoms with van der Waals surface area (Å²) in [5.41, 5.74) is -1.05. The van der Waals surface area contributed by atoms with Crippen LogP contribution in [0.5, 0.6) is 0 Å². The summed E-state index contributed by atoms with van der Waals surface area (Å²) in [4.78, 5) is 12.0. The maximum Gasteiger partial charge on any atom is 0.416 e. The van der Waals surface area contributed by atoms with Gasteiger partial charge in [-0.05, 0) is 30.4 Å². The minimum atomic E-state index is -4.39. The molecule has 6 heteroatoms. The normalized spacial score (nSPS) is 18.7. The molecule has 1 atom stereocenters. The molecule has 3 nitrogen and oxygen atoms in total. The van der Waals surface area contributed by atoms with Gasteiger partial charge in [-0.2, -0.15) is 13.2 Å². The zero-order valence-corrected chi connectivity index (χ0v) is 13.1. The number of hydrogen-bond acceptors (Lipinski definition) is 2. The lowest BCUT2D eigenvalue weighted by Crippen LogP contribution is -2.41. The van der Waals surface area contributed by atoms with Crippen molar-refractivity contribution < 1.29 is 23.1 Å². The largest absolute Gasteiger partial charge is 0.416 e. The molecule has 2 N–H and O–H groups in total. The van der Waals surface area contributed by atoms with Gasteiger partial charge in [0.25, 0.3) is 0 Å². The Morgan fingerprint density at radius 3 is 2.61 bits per heavy atom. The van der Waals surface area contributed by atoms with Gasteiger partial charge in [0, 0.05) is 13.0 Å². The van der Waals surface area contributed by atoms with E-state index in [-0.39, 0.29) is 24.8 Å². The van der Waals surface area contributed by atoms with Gasteiger partial charge >= 0.3 is 6.18 Å². The van der Waals surface area contributed by atoms with E-state index in [0.29, 0.717) is 18.4 Å². The summed E-state index contributed by atoms with van der Waals surface area (Å²) in [6, 6.07) is 5.06. The number of alkyl halides is 3. The van der Waals surface area contributed by atoms with E-state index in [2.05, 4.69) is 5.32 Å². The molecule has 2 rings (SSSR count). The summed E-state index contributed by atoms with van der Waals surface area (Å²) in [5, 5.41) is 12.9. The highest BCUT2D eigenvalue weighted by Gasteiger charge is 2.32. The van der Waals surface area contributed by atoms with E-state index in [1.54, 1.807) is 13.0 Å². The van der Waals surface area contributed by atoms with Crippen molar-refractivity contribution in [2.75, 3.05) is 6.54 Å². The quantitative estimate of drug-likeness (QED) is 0.867. The molecule has 0 bridgehead atoms. The second kappa shape index (κ2) is 6.91. The van der Waals surface area contributed by atoms with Gasteiger partial charge in [0.2, 0.25) is 5.91 Å². The molecule has 23 heavy (non-hydrogen) atoms. The minimum absolute atomic E-state index is 0.0946. The molecule has 0 saturated heterocycles. The Morgan fingerprint density at radius 2 is 2.00 bits per heavy atom. The molecular formula is C17H22F3NO2. The second-order valence-electron chi connectivity index (χ2n) is 6.44. The lowest BCUT2D eigenvalue weighted by atomic mass is 9.95. The molecule has 1 unspecified atom stereocenters. The van der Waals surface area contributed by atoms with E-state index in [9.17, 15) is 23.1 Å². The van der Waals surface area contributed by atoms with Gasteiger partial charge in [-0.15, -0.1) is 0 Å². The fourth-order valence-electron chi connectivity index (χ4n) is 2.96. The summed E-state index contributed by atoms with van der Waals surface area (Å²) >= 11 is 0. The number of aliphatic hydroxyl groups is 1. The molecule has 0 spiro atoms. The number of benzene rings is 1. The van der Waals surface area contributed by atoms with Crippen molar-refractivity contribution in [3.63, 3.8) is 0 Å². The van der Waals surface area contributed by atoms with Crippen LogP contribution in [0.2, 0.25) is 0 Å². The molecule has 0 aliphatic heterocycles. The first-order chi connectivity index (χ1) is 10.7. The molecular weight excluding hydrogens is 307 g/mol. The highest BCUT2D eigenvalue weighted by atomic mass is 19.4. The van der Waals surface area contributed by atoms with Crippen LogP contribution in [0.15, 0.2) is 24.3 Å². The zero-order chi connectivity index (χ0) is 17.1. The Kier molecular flexibility index (Phi) is 5.34. The van der Waals surface area contributed by atoms with Crippen molar-refractivity contribution in [1.82, 2.24) is 5.32 Å². The molecule has 0 radical (unpaired) electrons. The van der Waals surface area contributed by atoms with Crippen molar-refractivity contribution in [3.8, 4) is 0 Å². The number of hydrogen-bond donors (Lipinski definition) is 2. The lowest BCUT2D eigenvalue weighted by Gasteiger charge is -2.23. The SMILES string of the molecule is CC(CC(=O)NCC1(O)CCCC1)c1cccc(C(F)(F)F)c1. The van der Waals surface area contributed by atoms with E-state index < -0.39 is 17.3 Å². The Morgan fingerprint density at radius 1 is 1.35 bits per heavy atom. The maximum absolute atomic E-state index is 12.7. The van der Waals surface area contributed by atoms with Gasteiger partial charge in [0.1, 0.15) is 0 Å². The van der Waals surface area contributed by atoms with E-state index >= 15 is 0 Å². The molecule has 1 aliphatic rings. The van der Waals surface area contributed by atoms with Crippen LogP contribution in [0.25, 0.3) is 0 Å². The van der Waals surface area contributed by atoms with Crippen LogP contribution in [0, 0.1) is 0 Å². The van der Waals surface area contributed by atoms with Gasteiger partial charge in [-0.25, -0.2) is 0 Å². The van der Waals surface area contributed by atoms with Gasteiger partial charge in [0.05, 0.1) is 11.2 Å². The summed E-state index contributed by atoms with van der Waals surface area (Å²) in [5.74, 6) is -0.578. The fraction of sp³-hybridized carbons (Fsp3) is 0.588. The monoisotopic (exact) mass is 329 g/mol. The summed E-state index contributed by atoms with van der Waals surface area (Å²) in [7, 11) is 0. The molecule has 1 aliphatic carbocycles. The average molecular weight is 329 g/mol. The van der Waals surface area contributed by atoms with E-state index in [0.717, 1.165) is 25.0 Å². The number of halogens is 3. The second-order valence-corrected chi connectivity index (χ2v) is 6.44. The third-order valence-electron chi connectivity index (χ3n) is 4.42. The number of carbonyl (C=O) groups excluding carboxylic acids is 1. The van der Waals surface area contributed by atoms with Gasteiger partial charge in [-0.3, -0.25) is 4.79 Å². The van der Waals surface area contributed by atoms with Crippen LogP contribution in [-0.4, -0.2) is 23.2 Å². The Bertz CT molecular complexity index is 551. The maximum atomic E-state index is 12.7. The first kappa shape index (κ1) is 17.8. The molecule has 1 fully saturated rings. The van der Waals surface area contributed by atoms with Crippen LogP contribution >= 0.6 is 0 Å². The number of amides is 1. The first-order valence-electron chi connectivity index (χ1n) is 7.86. The Hall–Kier alpha value is -1.56. The van der Waals surface area contributed by atoms with Crippen molar-refractivity contribution >= 4 is 5.91 Å². The topological polar surface area (TPSA) is 49.3 Å². The summed E-state index contributed by atoms with van der Waals surface area (Å²) in [6.45, 7) is 1.93. The molecule has 1 saturated carbocycles. The van der Waals surface area contributed by atoms with Crippen LogP contribution in [0.4, 0.5) is 13.2 Å².